The van der Waals surface area contributed by atoms with Crippen LogP contribution in [0.2, 0.25) is 0 Å². The molecule has 1 aromatic carbocycles. The lowest BCUT2D eigenvalue weighted by molar-refractivity contribution is -0.561. The summed E-state index contributed by atoms with van der Waals surface area (Å²) in [5.41, 5.74) is -1.75. The molecule has 0 bridgehead atoms. The largest absolute Gasteiger partial charge is 0.359 e. The van der Waals surface area contributed by atoms with E-state index in [0.717, 1.165) is 0 Å². The predicted molar refractivity (Wildman–Crippen MR) is 69.5 cm³/mol. The maximum absolute atomic E-state index is 11.2. The van der Waals surface area contributed by atoms with Crippen molar-refractivity contribution in [3.8, 4) is 0 Å². The lowest BCUT2D eigenvalue weighted by Gasteiger charge is -2.16. The summed E-state index contributed by atoms with van der Waals surface area (Å²) in [5.74, 6) is 0. The molecule has 20 heavy (non-hydrogen) atoms. The molecule has 8 heteroatoms. The third-order valence-electron chi connectivity index (χ3n) is 2.74. The van der Waals surface area contributed by atoms with Crippen LogP contribution < -0.4 is 0 Å². The molecule has 0 fully saturated rings. The molecule has 0 aromatic heterocycles. The Kier molecular flexibility index (Phi) is 3.65. The first-order valence-corrected chi connectivity index (χ1v) is 5.69. The van der Waals surface area contributed by atoms with E-state index in [-0.39, 0.29) is 5.70 Å². The van der Waals surface area contributed by atoms with Crippen molar-refractivity contribution in [3.63, 3.8) is 0 Å². The number of allylic oxidation sites excluding steroid dienone is 2. The van der Waals surface area contributed by atoms with Crippen molar-refractivity contribution in [1.29, 1.82) is 0 Å². The fraction of sp³-hybridized carbons (Fsp3) is 0.167. The zero-order valence-corrected chi connectivity index (χ0v) is 10.2. The van der Waals surface area contributed by atoms with Gasteiger partial charge < -0.3 is 0 Å². The second-order valence-electron chi connectivity index (χ2n) is 4.12. The average Bonchev–Trinajstić information content (AvgIpc) is 2.46. The summed E-state index contributed by atoms with van der Waals surface area (Å²) < 4.78 is 0. The third-order valence-corrected chi connectivity index (χ3v) is 2.74. The van der Waals surface area contributed by atoms with Crippen molar-refractivity contribution in [2.45, 2.75) is 12.1 Å². The maximum Gasteiger partial charge on any atom is 0.359 e. The fourth-order valence-corrected chi connectivity index (χ4v) is 1.69. The Hall–Kier alpha value is -2.90. The molecule has 2 rings (SSSR count). The van der Waals surface area contributed by atoms with Crippen molar-refractivity contribution in [2.75, 3.05) is 0 Å². The van der Waals surface area contributed by atoms with Crippen LogP contribution >= 0.6 is 0 Å². The second-order valence-corrected chi connectivity index (χ2v) is 4.12. The lowest BCUT2D eigenvalue weighted by Crippen LogP contribution is -2.36. The number of hydrogen-bond acceptors (Lipinski definition) is 6. The van der Waals surface area contributed by atoms with E-state index in [1.165, 1.54) is 18.2 Å². The Morgan fingerprint density at radius 2 is 1.85 bits per heavy atom. The van der Waals surface area contributed by atoms with Crippen LogP contribution in [0.1, 0.15) is 6.42 Å². The first-order chi connectivity index (χ1) is 9.53. The zero-order chi connectivity index (χ0) is 14.6. The molecule has 1 aliphatic carbocycles. The van der Waals surface area contributed by atoms with Gasteiger partial charge >= 0.3 is 5.66 Å². The molecular formula is C12H10N4O4. The Morgan fingerprint density at radius 3 is 2.45 bits per heavy atom. The summed E-state index contributed by atoms with van der Waals surface area (Å²) in [6, 6.07) is 8.47. The molecule has 0 heterocycles. The van der Waals surface area contributed by atoms with Crippen LogP contribution in [0.25, 0.3) is 0 Å². The minimum absolute atomic E-state index is 0.267. The number of nitrogens with zero attached hydrogens (tertiary/aromatic N) is 4. The SMILES string of the molecule is O=[N+]([O-])C1=CC=CC(N=Nc2ccccc2)([N+](=O)[O-])C1. The second kappa shape index (κ2) is 5.39. The van der Waals surface area contributed by atoms with E-state index in [0.29, 0.717) is 5.69 Å². The quantitative estimate of drug-likeness (QED) is 0.477. The van der Waals surface area contributed by atoms with Gasteiger partial charge in [-0.3, -0.25) is 20.2 Å². The summed E-state index contributed by atoms with van der Waals surface area (Å²) in [6.45, 7) is 0. The number of benzene rings is 1. The summed E-state index contributed by atoms with van der Waals surface area (Å²) in [5, 5.41) is 29.5. The van der Waals surface area contributed by atoms with E-state index in [9.17, 15) is 20.2 Å². The number of hydrogen-bond donors (Lipinski definition) is 0. The lowest BCUT2D eigenvalue weighted by atomic mass is 10.0. The van der Waals surface area contributed by atoms with E-state index in [2.05, 4.69) is 10.2 Å². The maximum atomic E-state index is 11.2. The Labute approximate surface area is 113 Å². The first-order valence-electron chi connectivity index (χ1n) is 5.69. The summed E-state index contributed by atoms with van der Waals surface area (Å²) in [7, 11) is 0. The van der Waals surface area contributed by atoms with Gasteiger partial charge in [0.15, 0.2) is 0 Å². The van der Waals surface area contributed by atoms with Crippen molar-refractivity contribution in [2.24, 2.45) is 10.2 Å². The summed E-state index contributed by atoms with van der Waals surface area (Å²) in [6.07, 6.45) is 3.25. The van der Waals surface area contributed by atoms with Gasteiger partial charge in [-0.2, -0.15) is 0 Å². The molecule has 1 unspecified atom stereocenters. The minimum Gasteiger partial charge on any atom is -0.262 e. The van der Waals surface area contributed by atoms with E-state index < -0.39 is 21.9 Å². The molecule has 0 saturated carbocycles. The van der Waals surface area contributed by atoms with Crippen LogP contribution in [0, 0.1) is 20.2 Å². The van der Waals surface area contributed by atoms with Crippen molar-refractivity contribution in [3.05, 3.63) is 74.5 Å². The van der Waals surface area contributed by atoms with Crippen LogP contribution in [-0.4, -0.2) is 15.5 Å². The van der Waals surface area contributed by atoms with Crippen molar-refractivity contribution in [1.82, 2.24) is 0 Å². The molecule has 0 saturated heterocycles. The molecule has 1 aromatic rings. The summed E-state index contributed by atoms with van der Waals surface area (Å²) in [4.78, 5) is 20.6. The number of nitro groups is 2. The third kappa shape index (κ3) is 2.74. The highest BCUT2D eigenvalue weighted by Crippen LogP contribution is 2.29. The Bertz CT molecular complexity index is 624. The van der Waals surface area contributed by atoms with Gasteiger partial charge in [0.1, 0.15) is 6.42 Å². The Balaban J connectivity index is 2.31. The van der Waals surface area contributed by atoms with Crippen LogP contribution in [0.4, 0.5) is 5.69 Å². The van der Waals surface area contributed by atoms with Gasteiger partial charge in [0.05, 0.1) is 15.5 Å². The highest BCUT2D eigenvalue weighted by Gasteiger charge is 2.46. The monoisotopic (exact) mass is 274 g/mol. The highest BCUT2D eigenvalue weighted by atomic mass is 16.6. The molecule has 0 N–H and O–H groups in total. The highest BCUT2D eigenvalue weighted by molar-refractivity contribution is 5.35. The van der Waals surface area contributed by atoms with E-state index in [1.807, 2.05) is 0 Å². The van der Waals surface area contributed by atoms with Gasteiger partial charge in [-0.15, -0.1) is 10.2 Å². The van der Waals surface area contributed by atoms with Crippen LogP contribution in [0.5, 0.6) is 0 Å². The molecule has 102 valence electrons. The molecule has 0 radical (unpaired) electrons. The first kappa shape index (κ1) is 13.5. The topological polar surface area (TPSA) is 111 Å². The van der Waals surface area contributed by atoms with Crippen LogP contribution in [0.15, 0.2) is 64.5 Å². The smallest absolute Gasteiger partial charge is 0.262 e. The molecule has 1 atom stereocenters. The molecule has 0 spiro atoms. The molecular weight excluding hydrogens is 264 g/mol. The van der Waals surface area contributed by atoms with E-state index >= 15 is 0 Å². The normalized spacial score (nSPS) is 21.7. The standard InChI is InChI=1S/C12H10N4O4/c17-15(18)11-7-4-8-12(9-11,16(19)20)14-13-10-5-2-1-3-6-10/h1-8H,9H2. The Morgan fingerprint density at radius 1 is 1.15 bits per heavy atom. The van der Waals surface area contributed by atoms with E-state index in [1.54, 1.807) is 30.3 Å². The minimum atomic E-state index is -1.92. The predicted octanol–water partition coefficient (Wildman–Crippen LogP) is 2.86. The van der Waals surface area contributed by atoms with Crippen LogP contribution in [-0.2, 0) is 0 Å². The summed E-state index contributed by atoms with van der Waals surface area (Å²) >= 11 is 0. The molecule has 1 aliphatic rings. The average molecular weight is 274 g/mol. The van der Waals surface area contributed by atoms with Gasteiger partial charge in [-0.25, -0.2) is 0 Å². The molecule has 0 amide bonds. The van der Waals surface area contributed by atoms with Crippen molar-refractivity contribution >= 4 is 5.69 Å². The van der Waals surface area contributed by atoms with Gasteiger partial charge in [0.25, 0.3) is 5.70 Å². The zero-order valence-electron chi connectivity index (χ0n) is 10.2. The fourth-order valence-electron chi connectivity index (χ4n) is 1.69. The van der Waals surface area contributed by atoms with Crippen molar-refractivity contribution < 1.29 is 9.85 Å². The van der Waals surface area contributed by atoms with Crippen LogP contribution in [0.3, 0.4) is 0 Å². The number of azo groups is 1. The number of rotatable bonds is 4. The van der Waals surface area contributed by atoms with E-state index in [4.69, 9.17) is 0 Å². The van der Waals surface area contributed by atoms with Gasteiger partial charge in [-0.1, -0.05) is 24.3 Å². The van der Waals surface area contributed by atoms with Gasteiger partial charge in [0, 0.05) is 12.2 Å². The molecule has 8 nitrogen and oxygen atoms in total. The van der Waals surface area contributed by atoms with Gasteiger partial charge in [0.2, 0.25) is 0 Å². The molecule has 0 aliphatic heterocycles. The van der Waals surface area contributed by atoms with Gasteiger partial charge in [-0.05, 0) is 12.1 Å².